The maximum atomic E-state index is 14.4. The van der Waals surface area contributed by atoms with E-state index in [0.29, 0.717) is 28.2 Å². The van der Waals surface area contributed by atoms with Gasteiger partial charge in [0.25, 0.3) is 5.56 Å². The van der Waals surface area contributed by atoms with Crippen LogP contribution in [0, 0.1) is 19.7 Å². The number of nitrogens with zero attached hydrogens (tertiary/aromatic N) is 2. The number of halogens is 2. The van der Waals surface area contributed by atoms with Crippen molar-refractivity contribution in [3.63, 3.8) is 0 Å². The zero-order valence-corrected chi connectivity index (χ0v) is 17.1. The maximum absolute atomic E-state index is 14.4. The van der Waals surface area contributed by atoms with Gasteiger partial charge in [0.2, 0.25) is 0 Å². The molecular formula is C22H18ClFN2OS. The van der Waals surface area contributed by atoms with Crippen molar-refractivity contribution in [1.82, 2.24) is 9.55 Å². The zero-order chi connectivity index (χ0) is 19.8. The normalized spacial score (nSPS) is 11.3. The van der Waals surface area contributed by atoms with Gasteiger partial charge < -0.3 is 0 Å². The van der Waals surface area contributed by atoms with Gasteiger partial charge in [0.15, 0.2) is 0 Å². The first-order chi connectivity index (χ1) is 13.5. The van der Waals surface area contributed by atoms with Crippen LogP contribution < -0.4 is 5.56 Å². The molecule has 0 saturated heterocycles. The van der Waals surface area contributed by atoms with Crippen LogP contribution in [0.2, 0.25) is 5.02 Å². The van der Waals surface area contributed by atoms with Gasteiger partial charge in [-0.15, -0.1) is 11.3 Å². The van der Waals surface area contributed by atoms with Crippen LogP contribution in [0.5, 0.6) is 0 Å². The average molecular weight is 413 g/mol. The van der Waals surface area contributed by atoms with Crippen LogP contribution in [0.1, 0.15) is 27.4 Å². The van der Waals surface area contributed by atoms with E-state index in [9.17, 15) is 9.18 Å². The second-order valence-electron chi connectivity index (χ2n) is 6.75. The number of fused-ring (bicyclic) bond motifs is 1. The molecule has 3 nitrogen and oxygen atoms in total. The summed E-state index contributed by atoms with van der Waals surface area (Å²) >= 11 is 7.74. The van der Waals surface area contributed by atoms with Crippen molar-refractivity contribution in [2.24, 2.45) is 0 Å². The second kappa shape index (κ2) is 7.49. The molecule has 0 radical (unpaired) electrons. The van der Waals surface area contributed by atoms with Crippen LogP contribution in [-0.4, -0.2) is 9.55 Å². The molecule has 0 spiro atoms. The SMILES string of the molecule is Cc1sc2nc(Cc3ccccc3)n(Cc3c(F)cccc3Cl)c(=O)c2c1C. The van der Waals surface area contributed by atoms with Crippen LogP contribution in [0.4, 0.5) is 4.39 Å². The molecule has 2 aromatic carbocycles. The van der Waals surface area contributed by atoms with Crippen LogP contribution in [0.15, 0.2) is 53.3 Å². The van der Waals surface area contributed by atoms with E-state index in [2.05, 4.69) is 0 Å². The Morgan fingerprint density at radius 2 is 1.86 bits per heavy atom. The fourth-order valence-corrected chi connectivity index (χ4v) is 4.55. The molecule has 0 unspecified atom stereocenters. The number of rotatable bonds is 4. The first kappa shape index (κ1) is 18.8. The quantitative estimate of drug-likeness (QED) is 0.443. The number of aromatic nitrogens is 2. The molecule has 6 heteroatoms. The van der Waals surface area contributed by atoms with Crippen molar-refractivity contribution in [3.8, 4) is 0 Å². The lowest BCUT2D eigenvalue weighted by Crippen LogP contribution is -2.26. The number of benzene rings is 2. The molecule has 0 aliphatic rings. The second-order valence-corrected chi connectivity index (χ2v) is 8.36. The minimum Gasteiger partial charge on any atom is -0.291 e. The fourth-order valence-electron chi connectivity index (χ4n) is 3.29. The predicted octanol–water partition coefficient (Wildman–Crippen LogP) is 5.51. The molecule has 142 valence electrons. The van der Waals surface area contributed by atoms with Gasteiger partial charge >= 0.3 is 0 Å². The van der Waals surface area contributed by atoms with Gasteiger partial charge in [0.05, 0.1) is 11.9 Å². The molecule has 0 bridgehead atoms. The average Bonchev–Trinajstić information content (AvgIpc) is 2.95. The summed E-state index contributed by atoms with van der Waals surface area (Å²) in [4.78, 5) is 19.9. The third-order valence-corrected chi connectivity index (χ3v) is 6.41. The minimum atomic E-state index is -0.427. The molecule has 2 aromatic heterocycles. The third-order valence-electron chi connectivity index (χ3n) is 4.95. The summed E-state index contributed by atoms with van der Waals surface area (Å²) in [6, 6.07) is 14.4. The van der Waals surface area contributed by atoms with Crippen LogP contribution in [-0.2, 0) is 13.0 Å². The highest BCUT2D eigenvalue weighted by Gasteiger charge is 2.19. The van der Waals surface area contributed by atoms with Crippen LogP contribution in [0.3, 0.4) is 0 Å². The lowest BCUT2D eigenvalue weighted by molar-refractivity contribution is 0.589. The Balaban J connectivity index is 1.93. The Bertz CT molecular complexity index is 1210. The summed E-state index contributed by atoms with van der Waals surface area (Å²) in [5.41, 5.74) is 2.10. The van der Waals surface area contributed by atoms with Crippen LogP contribution >= 0.6 is 22.9 Å². The number of hydrogen-bond donors (Lipinski definition) is 0. The van der Waals surface area contributed by atoms with E-state index in [1.165, 1.54) is 17.4 Å². The Hall–Kier alpha value is -2.50. The highest BCUT2D eigenvalue weighted by Crippen LogP contribution is 2.27. The van der Waals surface area contributed by atoms with Crippen molar-refractivity contribution < 1.29 is 4.39 Å². The number of hydrogen-bond acceptors (Lipinski definition) is 3. The maximum Gasteiger partial charge on any atom is 0.262 e. The Kier molecular flexibility index (Phi) is 5.04. The molecule has 2 heterocycles. The van der Waals surface area contributed by atoms with Crippen LogP contribution in [0.25, 0.3) is 10.2 Å². The van der Waals surface area contributed by atoms with E-state index in [1.807, 2.05) is 44.2 Å². The van der Waals surface area contributed by atoms with Gasteiger partial charge in [-0.2, -0.15) is 0 Å². The van der Waals surface area contributed by atoms with E-state index >= 15 is 0 Å². The van der Waals surface area contributed by atoms with E-state index in [4.69, 9.17) is 16.6 Å². The number of thiophene rings is 1. The summed E-state index contributed by atoms with van der Waals surface area (Å²) in [5.74, 6) is 0.174. The zero-order valence-electron chi connectivity index (χ0n) is 15.5. The largest absolute Gasteiger partial charge is 0.291 e. The smallest absolute Gasteiger partial charge is 0.262 e. The third kappa shape index (κ3) is 3.36. The molecule has 0 aliphatic carbocycles. The molecule has 0 saturated carbocycles. The summed E-state index contributed by atoms with van der Waals surface area (Å²) in [5, 5.41) is 0.905. The summed E-state index contributed by atoms with van der Waals surface area (Å²) in [6.45, 7) is 3.95. The standard InChI is InChI=1S/C22H18ClFN2OS/c1-13-14(2)28-21-20(13)22(27)26(12-16-17(23)9-6-10-18(16)24)19(25-21)11-15-7-4-3-5-8-15/h3-10H,11-12H2,1-2H3. The fraction of sp³-hybridized carbons (Fsp3) is 0.182. The minimum absolute atomic E-state index is 0.0454. The van der Waals surface area contributed by atoms with Crippen molar-refractivity contribution in [2.75, 3.05) is 0 Å². The summed E-state index contributed by atoms with van der Waals surface area (Å²) in [7, 11) is 0. The Morgan fingerprint density at radius 3 is 2.57 bits per heavy atom. The molecule has 0 aliphatic heterocycles. The Labute approximate surface area is 171 Å². The molecule has 28 heavy (non-hydrogen) atoms. The van der Waals surface area contributed by atoms with E-state index < -0.39 is 5.82 Å². The van der Waals surface area contributed by atoms with E-state index in [1.54, 1.807) is 16.7 Å². The molecule has 4 rings (SSSR count). The van der Waals surface area contributed by atoms with E-state index in [0.717, 1.165) is 20.8 Å². The monoisotopic (exact) mass is 412 g/mol. The highest BCUT2D eigenvalue weighted by atomic mass is 35.5. The van der Waals surface area contributed by atoms with Gasteiger partial charge in [0, 0.05) is 21.9 Å². The molecule has 0 amide bonds. The topological polar surface area (TPSA) is 34.9 Å². The molecule has 0 fully saturated rings. The first-order valence-corrected chi connectivity index (χ1v) is 10.1. The lowest BCUT2D eigenvalue weighted by atomic mass is 10.1. The number of aryl methyl sites for hydroxylation is 2. The Morgan fingerprint density at radius 1 is 1.11 bits per heavy atom. The van der Waals surface area contributed by atoms with Gasteiger partial charge in [-0.05, 0) is 37.1 Å². The first-order valence-electron chi connectivity index (χ1n) is 8.92. The summed E-state index contributed by atoms with van der Waals surface area (Å²) < 4.78 is 16.0. The molecule has 0 atom stereocenters. The molecular weight excluding hydrogens is 395 g/mol. The van der Waals surface area contributed by atoms with Crippen molar-refractivity contribution in [2.45, 2.75) is 26.8 Å². The van der Waals surface area contributed by atoms with E-state index in [-0.39, 0.29) is 12.1 Å². The molecule has 0 N–H and O–H groups in total. The van der Waals surface area contributed by atoms with Crippen molar-refractivity contribution in [3.05, 3.63) is 97.1 Å². The van der Waals surface area contributed by atoms with Gasteiger partial charge in [0.1, 0.15) is 16.5 Å². The summed E-state index contributed by atoms with van der Waals surface area (Å²) in [6.07, 6.45) is 0.480. The van der Waals surface area contributed by atoms with Gasteiger partial charge in [-0.25, -0.2) is 9.37 Å². The molecule has 4 aromatic rings. The van der Waals surface area contributed by atoms with Gasteiger partial charge in [-0.3, -0.25) is 9.36 Å². The highest BCUT2D eigenvalue weighted by molar-refractivity contribution is 7.18. The van der Waals surface area contributed by atoms with Crippen molar-refractivity contribution >= 4 is 33.2 Å². The lowest BCUT2D eigenvalue weighted by Gasteiger charge is -2.14. The van der Waals surface area contributed by atoms with Gasteiger partial charge in [-0.1, -0.05) is 48.0 Å². The predicted molar refractivity (Wildman–Crippen MR) is 113 cm³/mol. The van der Waals surface area contributed by atoms with Crippen molar-refractivity contribution in [1.29, 1.82) is 0 Å².